The van der Waals surface area contributed by atoms with Crippen molar-refractivity contribution in [2.75, 3.05) is 0 Å². The van der Waals surface area contributed by atoms with E-state index < -0.39 is 0 Å². The van der Waals surface area contributed by atoms with E-state index in [4.69, 9.17) is 0 Å². The third-order valence-corrected chi connectivity index (χ3v) is 3.98. The molecule has 0 aliphatic carbocycles. The van der Waals surface area contributed by atoms with Crippen LogP contribution in [0.15, 0.2) is 30.3 Å². The first kappa shape index (κ1) is 13.8. The summed E-state index contributed by atoms with van der Waals surface area (Å²) in [4.78, 5) is 23.8. The standard InChI is InChI=1S/C16H21NO2/c1-11(2)14-15(19)17-13(18)10-16(14,3)9-12-7-5-4-6-8-12/h4-8,11,14H,9-10H2,1-3H3,(H,17,18,19). The number of carbonyl (C=O) groups excluding carboxylic acids is 2. The Morgan fingerprint density at radius 1 is 1.26 bits per heavy atom. The number of amides is 2. The predicted molar refractivity (Wildman–Crippen MR) is 74.3 cm³/mol. The van der Waals surface area contributed by atoms with Gasteiger partial charge >= 0.3 is 0 Å². The minimum absolute atomic E-state index is 0.120. The Balaban J connectivity index is 2.30. The van der Waals surface area contributed by atoms with Crippen LogP contribution < -0.4 is 5.32 Å². The van der Waals surface area contributed by atoms with E-state index in [2.05, 4.69) is 24.4 Å². The van der Waals surface area contributed by atoms with Crippen LogP contribution >= 0.6 is 0 Å². The minimum Gasteiger partial charge on any atom is -0.296 e. The second kappa shape index (κ2) is 5.16. The van der Waals surface area contributed by atoms with Gasteiger partial charge in [-0.1, -0.05) is 51.1 Å². The Labute approximate surface area is 114 Å². The van der Waals surface area contributed by atoms with Crippen LogP contribution in [0.1, 0.15) is 32.8 Å². The molecule has 1 aromatic rings. The summed E-state index contributed by atoms with van der Waals surface area (Å²) in [5.41, 5.74) is 0.882. The summed E-state index contributed by atoms with van der Waals surface area (Å²) in [7, 11) is 0. The summed E-state index contributed by atoms with van der Waals surface area (Å²) in [6.45, 7) is 6.15. The molecule has 0 saturated carbocycles. The largest absolute Gasteiger partial charge is 0.296 e. The third kappa shape index (κ3) is 2.86. The molecule has 102 valence electrons. The molecule has 1 aliphatic rings. The van der Waals surface area contributed by atoms with Crippen LogP contribution in [0.5, 0.6) is 0 Å². The Hall–Kier alpha value is -1.64. The van der Waals surface area contributed by atoms with Gasteiger partial charge in [0.25, 0.3) is 0 Å². The van der Waals surface area contributed by atoms with E-state index in [0.717, 1.165) is 6.42 Å². The van der Waals surface area contributed by atoms with E-state index in [1.54, 1.807) is 0 Å². The second-order valence-electron chi connectivity index (χ2n) is 6.13. The molecule has 1 aromatic carbocycles. The van der Waals surface area contributed by atoms with Crippen LogP contribution in [-0.4, -0.2) is 11.8 Å². The number of rotatable bonds is 3. The SMILES string of the molecule is CC(C)C1C(=O)NC(=O)CC1(C)Cc1ccccc1. The molecule has 0 spiro atoms. The molecule has 0 radical (unpaired) electrons. The number of hydrogen-bond donors (Lipinski definition) is 1. The van der Waals surface area contributed by atoms with E-state index in [0.29, 0.717) is 6.42 Å². The molecule has 3 nitrogen and oxygen atoms in total. The van der Waals surface area contributed by atoms with Gasteiger partial charge in [0, 0.05) is 12.3 Å². The van der Waals surface area contributed by atoms with E-state index in [1.165, 1.54) is 5.56 Å². The van der Waals surface area contributed by atoms with Crippen molar-refractivity contribution in [1.82, 2.24) is 5.32 Å². The van der Waals surface area contributed by atoms with E-state index in [-0.39, 0.29) is 29.1 Å². The molecule has 1 aliphatic heterocycles. The molecule has 1 heterocycles. The Kier molecular flexibility index (Phi) is 3.74. The van der Waals surface area contributed by atoms with Gasteiger partial charge in [0.2, 0.25) is 11.8 Å². The second-order valence-corrected chi connectivity index (χ2v) is 6.13. The Morgan fingerprint density at radius 3 is 2.47 bits per heavy atom. The van der Waals surface area contributed by atoms with Crippen molar-refractivity contribution in [2.45, 2.75) is 33.6 Å². The third-order valence-electron chi connectivity index (χ3n) is 3.98. The van der Waals surface area contributed by atoms with Gasteiger partial charge in [-0.15, -0.1) is 0 Å². The van der Waals surface area contributed by atoms with Crippen molar-refractivity contribution in [1.29, 1.82) is 0 Å². The molecule has 1 N–H and O–H groups in total. The number of nitrogens with one attached hydrogen (secondary N) is 1. The highest BCUT2D eigenvalue weighted by Crippen LogP contribution is 2.41. The topological polar surface area (TPSA) is 46.2 Å². The zero-order valence-electron chi connectivity index (χ0n) is 11.8. The van der Waals surface area contributed by atoms with Crippen LogP contribution in [0, 0.1) is 17.3 Å². The van der Waals surface area contributed by atoms with Crippen LogP contribution in [0.3, 0.4) is 0 Å². The first-order valence-electron chi connectivity index (χ1n) is 6.80. The molecule has 2 unspecified atom stereocenters. The van der Waals surface area contributed by atoms with Crippen molar-refractivity contribution in [2.24, 2.45) is 17.3 Å². The fourth-order valence-electron chi connectivity index (χ4n) is 3.39. The monoisotopic (exact) mass is 259 g/mol. The molecule has 2 rings (SSSR count). The first-order valence-corrected chi connectivity index (χ1v) is 6.80. The molecule has 1 fully saturated rings. The summed E-state index contributed by atoms with van der Waals surface area (Å²) in [6, 6.07) is 10.1. The average Bonchev–Trinajstić information content (AvgIpc) is 2.27. The molecule has 1 saturated heterocycles. The van der Waals surface area contributed by atoms with Gasteiger partial charge in [-0.3, -0.25) is 14.9 Å². The van der Waals surface area contributed by atoms with Crippen molar-refractivity contribution in [3.63, 3.8) is 0 Å². The average molecular weight is 259 g/mol. The zero-order chi connectivity index (χ0) is 14.0. The minimum atomic E-state index is -0.297. The number of benzene rings is 1. The lowest BCUT2D eigenvalue weighted by Gasteiger charge is -2.42. The highest BCUT2D eigenvalue weighted by Gasteiger charge is 2.46. The summed E-state index contributed by atoms with van der Waals surface area (Å²) in [6.07, 6.45) is 1.17. The zero-order valence-corrected chi connectivity index (χ0v) is 11.8. The summed E-state index contributed by atoms with van der Waals surface area (Å²) >= 11 is 0. The predicted octanol–water partition coefficient (Wildman–Crippen LogP) is 2.55. The van der Waals surface area contributed by atoms with Gasteiger partial charge in [0.15, 0.2) is 0 Å². The van der Waals surface area contributed by atoms with Gasteiger partial charge in [-0.2, -0.15) is 0 Å². The molecule has 2 atom stereocenters. The fraction of sp³-hybridized carbons (Fsp3) is 0.500. The molecule has 0 bridgehead atoms. The summed E-state index contributed by atoms with van der Waals surface area (Å²) < 4.78 is 0. The lowest BCUT2D eigenvalue weighted by atomic mass is 9.64. The van der Waals surface area contributed by atoms with Gasteiger partial charge in [0.05, 0.1) is 0 Å². The summed E-state index contributed by atoms with van der Waals surface area (Å²) in [5, 5.41) is 2.47. The van der Waals surface area contributed by atoms with Crippen molar-refractivity contribution in [3.8, 4) is 0 Å². The highest BCUT2D eigenvalue weighted by molar-refractivity contribution is 5.99. The molecule has 0 aromatic heterocycles. The van der Waals surface area contributed by atoms with Gasteiger partial charge < -0.3 is 0 Å². The Morgan fingerprint density at radius 2 is 1.89 bits per heavy atom. The van der Waals surface area contributed by atoms with Crippen molar-refractivity contribution >= 4 is 11.8 Å². The van der Waals surface area contributed by atoms with Gasteiger partial charge in [-0.25, -0.2) is 0 Å². The number of hydrogen-bond acceptors (Lipinski definition) is 2. The molecule has 2 amide bonds. The molecular weight excluding hydrogens is 238 g/mol. The lowest BCUT2D eigenvalue weighted by molar-refractivity contribution is -0.145. The normalized spacial score (nSPS) is 27.5. The number of carbonyl (C=O) groups is 2. The van der Waals surface area contributed by atoms with Crippen molar-refractivity contribution in [3.05, 3.63) is 35.9 Å². The molecule has 19 heavy (non-hydrogen) atoms. The van der Waals surface area contributed by atoms with Crippen LogP contribution in [0.4, 0.5) is 0 Å². The number of piperidine rings is 1. The van der Waals surface area contributed by atoms with E-state index in [1.807, 2.05) is 32.0 Å². The quantitative estimate of drug-likeness (QED) is 0.848. The van der Waals surface area contributed by atoms with Gasteiger partial charge in [-0.05, 0) is 23.3 Å². The fourth-order valence-corrected chi connectivity index (χ4v) is 3.39. The Bertz CT molecular complexity index is 481. The van der Waals surface area contributed by atoms with Crippen LogP contribution in [-0.2, 0) is 16.0 Å². The van der Waals surface area contributed by atoms with Crippen molar-refractivity contribution < 1.29 is 9.59 Å². The van der Waals surface area contributed by atoms with Crippen LogP contribution in [0.25, 0.3) is 0 Å². The maximum atomic E-state index is 12.1. The summed E-state index contributed by atoms with van der Waals surface area (Å²) in [5.74, 6) is -0.169. The maximum Gasteiger partial charge on any atom is 0.230 e. The lowest BCUT2D eigenvalue weighted by Crippen LogP contribution is -2.53. The van der Waals surface area contributed by atoms with Gasteiger partial charge in [0.1, 0.15) is 0 Å². The number of imide groups is 1. The molecular formula is C16H21NO2. The first-order chi connectivity index (χ1) is 8.92. The smallest absolute Gasteiger partial charge is 0.230 e. The maximum absolute atomic E-state index is 12.1. The van der Waals surface area contributed by atoms with Crippen LogP contribution in [0.2, 0.25) is 0 Å². The molecule has 3 heteroatoms. The van der Waals surface area contributed by atoms with E-state index in [9.17, 15) is 9.59 Å². The highest BCUT2D eigenvalue weighted by atomic mass is 16.2. The van der Waals surface area contributed by atoms with E-state index >= 15 is 0 Å².